The Balaban J connectivity index is 2.15. The fourth-order valence-corrected chi connectivity index (χ4v) is 2.35. The third-order valence-electron chi connectivity index (χ3n) is 1.42. The van der Waals surface area contributed by atoms with Gasteiger partial charge in [-0.05, 0) is 34.5 Å². The van der Waals surface area contributed by atoms with E-state index in [1.807, 2.05) is 0 Å². The van der Waals surface area contributed by atoms with Crippen LogP contribution < -0.4 is 5.32 Å². The standard InChI is InChI=1S/C8H12BrNOS/c1-11-6-10-5-4-7-2-3-8(9)12-7/h2-3,10H,4-6H2,1H3. The Labute approximate surface area is 85.1 Å². The van der Waals surface area contributed by atoms with Crippen molar-refractivity contribution in [2.45, 2.75) is 6.42 Å². The quantitative estimate of drug-likeness (QED) is 0.639. The van der Waals surface area contributed by atoms with Gasteiger partial charge in [0.15, 0.2) is 0 Å². The van der Waals surface area contributed by atoms with Crippen molar-refractivity contribution in [1.82, 2.24) is 5.32 Å². The van der Waals surface area contributed by atoms with Crippen molar-refractivity contribution >= 4 is 27.3 Å². The van der Waals surface area contributed by atoms with E-state index in [2.05, 4.69) is 33.4 Å². The summed E-state index contributed by atoms with van der Waals surface area (Å²) in [5.74, 6) is 0. The second-order valence-corrected chi connectivity index (χ2v) is 4.94. The largest absolute Gasteiger partial charge is 0.370 e. The van der Waals surface area contributed by atoms with E-state index in [0.29, 0.717) is 6.73 Å². The van der Waals surface area contributed by atoms with Gasteiger partial charge in [0.1, 0.15) is 0 Å². The van der Waals surface area contributed by atoms with Crippen LogP contribution in [0.25, 0.3) is 0 Å². The third-order valence-corrected chi connectivity index (χ3v) is 3.11. The van der Waals surface area contributed by atoms with Crippen LogP contribution in [-0.2, 0) is 11.2 Å². The van der Waals surface area contributed by atoms with Crippen molar-refractivity contribution in [2.75, 3.05) is 20.4 Å². The zero-order chi connectivity index (χ0) is 8.81. The molecule has 0 spiro atoms. The Morgan fingerprint density at radius 2 is 2.42 bits per heavy atom. The number of hydrogen-bond donors (Lipinski definition) is 1. The number of halogens is 1. The Morgan fingerprint density at radius 3 is 3.00 bits per heavy atom. The zero-order valence-electron chi connectivity index (χ0n) is 6.97. The lowest BCUT2D eigenvalue weighted by Gasteiger charge is -2.00. The molecule has 0 aliphatic carbocycles. The minimum atomic E-state index is 0.631. The lowest BCUT2D eigenvalue weighted by molar-refractivity contribution is 0.176. The Morgan fingerprint density at radius 1 is 1.58 bits per heavy atom. The van der Waals surface area contributed by atoms with Gasteiger partial charge in [0.2, 0.25) is 0 Å². The molecule has 0 aliphatic heterocycles. The summed E-state index contributed by atoms with van der Waals surface area (Å²) < 4.78 is 6.07. The second kappa shape index (κ2) is 5.70. The average molecular weight is 250 g/mol. The van der Waals surface area contributed by atoms with Gasteiger partial charge in [-0.15, -0.1) is 11.3 Å². The van der Waals surface area contributed by atoms with Gasteiger partial charge < -0.3 is 4.74 Å². The van der Waals surface area contributed by atoms with Gasteiger partial charge in [0.25, 0.3) is 0 Å². The molecule has 0 amide bonds. The molecular weight excluding hydrogens is 238 g/mol. The van der Waals surface area contributed by atoms with Gasteiger partial charge in [0, 0.05) is 18.5 Å². The number of nitrogens with one attached hydrogen (secondary N) is 1. The predicted molar refractivity (Wildman–Crippen MR) is 55.6 cm³/mol. The number of rotatable bonds is 5. The van der Waals surface area contributed by atoms with Crippen molar-refractivity contribution in [3.63, 3.8) is 0 Å². The van der Waals surface area contributed by atoms with E-state index in [1.54, 1.807) is 18.4 Å². The molecule has 0 radical (unpaired) electrons. The first-order chi connectivity index (χ1) is 5.83. The topological polar surface area (TPSA) is 21.3 Å². The lowest BCUT2D eigenvalue weighted by atomic mass is 10.3. The van der Waals surface area contributed by atoms with E-state index < -0.39 is 0 Å². The summed E-state index contributed by atoms with van der Waals surface area (Å²) in [5.41, 5.74) is 0. The van der Waals surface area contributed by atoms with Crippen molar-refractivity contribution in [3.05, 3.63) is 20.8 Å². The maximum absolute atomic E-state index is 4.87. The number of methoxy groups -OCH3 is 1. The van der Waals surface area contributed by atoms with Crippen LogP contribution in [0.5, 0.6) is 0 Å². The van der Waals surface area contributed by atoms with Crippen molar-refractivity contribution < 1.29 is 4.74 Å². The molecule has 0 aromatic carbocycles. The van der Waals surface area contributed by atoms with Crippen LogP contribution in [0.15, 0.2) is 15.9 Å². The highest BCUT2D eigenvalue weighted by Crippen LogP contribution is 2.21. The first-order valence-electron chi connectivity index (χ1n) is 3.77. The monoisotopic (exact) mass is 249 g/mol. The number of thiophene rings is 1. The Bertz CT molecular complexity index is 227. The predicted octanol–water partition coefficient (Wildman–Crippen LogP) is 2.25. The molecule has 1 N–H and O–H groups in total. The van der Waals surface area contributed by atoms with E-state index in [4.69, 9.17) is 4.74 Å². The van der Waals surface area contributed by atoms with E-state index >= 15 is 0 Å². The van der Waals surface area contributed by atoms with E-state index in [1.165, 1.54) is 8.66 Å². The molecule has 68 valence electrons. The molecule has 0 saturated heterocycles. The fourth-order valence-electron chi connectivity index (χ4n) is 0.872. The summed E-state index contributed by atoms with van der Waals surface area (Å²) in [4.78, 5) is 1.39. The van der Waals surface area contributed by atoms with Crippen LogP contribution in [0.1, 0.15) is 4.88 Å². The first kappa shape index (κ1) is 10.2. The van der Waals surface area contributed by atoms with Gasteiger partial charge in [-0.1, -0.05) is 0 Å². The third kappa shape index (κ3) is 3.67. The van der Waals surface area contributed by atoms with E-state index in [0.717, 1.165) is 13.0 Å². The average Bonchev–Trinajstić information content (AvgIpc) is 2.45. The fraction of sp³-hybridized carbons (Fsp3) is 0.500. The molecule has 1 aromatic heterocycles. The summed E-state index contributed by atoms with van der Waals surface area (Å²) in [6.45, 7) is 1.60. The Hall–Kier alpha value is 0.1000. The van der Waals surface area contributed by atoms with Crippen LogP contribution in [-0.4, -0.2) is 20.4 Å². The highest BCUT2D eigenvalue weighted by Gasteiger charge is 1.96. The van der Waals surface area contributed by atoms with Crippen molar-refractivity contribution in [1.29, 1.82) is 0 Å². The Kier molecular flexibility index (Phi) is 4.83. The van der Waals surface area contributed by atoms with Crippen molar-refractivity contribution in [2.24, 2.45) is 0 Å². The molecule has 1 rings (SSSR count). The molecule has 0 bridgehead atoms. The van der Waals surface area contributed by atoms with Gasteiger partial charge in [0.05, 0.1) is 10.5 Å². The van der Waals surface area contributed by atoms with Crippen LogP contribution in [0, 0.1) is 0 Å². The second-order valence-electron chi connectivity index (χ2n) is 2.39. The minimum Gasteiger partial charge on any atom is -0.370 e. The normalized spacial score (nSPS) is 10.5. The smallest absolute Gasteiger partial charge is 0.0961 e. The van der Waals surface area contributed by atoms with Crippen LogP contribution in [0.2, 0.25) is 0 Å². The molecule has 0 fully saturated rings. The molecule has 1 aromatic rings. The van der Waals surface area contributed by atoms with Gasteiger partial charge in [-0.3, -0.25) is 5.32 Å². The molecule has 0 unspecified atom stereocenters. The highest BCUT2D eigenvalue weighted by molar-refractivity contribution is 9.11. The van der Waals surface area contributed by atoms with Gasteiger partial charge >= 0.3 is 0 Å². The molecule has 1 heterocycles. The molecule has 0 atom stereocenters. The molecular formula is C8H12BrNOS. The lowest BCUT2D eigenvalue weighted by Crippen LogP contribution is -2.19. The summed E-state index contributed by atoms with van der Waals surface area (Å²) in [6.07, 6.45) is 1.07. The molecule has 0 saturated carbocycles. The summed E-state index contributed by atoms with van der Waals surface area (Å²) in [6, 6.07) is 4.22. The summed E-state index contributed by atoms with van der Waals surface area (Å²) >= 11 is 5.21. The van der Waals surface area contributed by atoms with Crippen LogP contribution in [0.4, 0.5) is 0 Å². The van der Waals surface area contributed by atoms with Crippen LogP contribution in [0.3, 0.4) is 0 Å². The molecule has 12 heavy (non-hydrogen) atoms. The molecule has 4 heteroatoms. The zero-order valence-corrected chi connectivity index (χ0v) is 9.37. The van der Waals surface area contributed by atoms with Crippen LogP contribution >= 0.6 is 27.3 Å². The summed E-state index contributed by atoms with van der Waals surface area (Å²) in [5, 5.41) is 3.16. The minimum absolute atomic E-state index is 0.631. The number of hydrogen-bond acceptors (Lipinski definition) is 3. The maximum atomic E-state index is 4.87. The van der Waals surface area contributed by atoms with E-state index in [-0.39, 0.29) is 0 Å². The highest BCUT2D eigenvalue weighted by atomic mass is 79.9. The molecule has 2 nitrogen and oxygen atoms in total. The van der Waals surface area contributed by atoms with E-state index in [9.17, 15) is 0 Å². The maximum Gasteiger partial charge on any atom is 0.0961 e. The summed E-state index contributed by atoms with van der Waals surface area (Å²) in [7, 11) is 1.69. The van der Waals surface area contributed by atoms with Gasteiger partial charge in [-0.2, -0.15) is 0 Å². The van der Waals surface area contributed by atoms with Gasteiger partial charge in [-0.25, -0.2) is 0 Å². The SMILES string of the molecule is COCNCCc1ccc(Br)s1. The number of ether oxygens (including phenoxy) is 1. The molecule has 0 aliphatic rings. The van der Waals surface area contributed by atoms with Crippen molar-refractivity contribution in [3.8, 4) is 0 Å². The first-order valence-corrected chi connectivity index (χ1v) is 5.37.